The van der Waals surface area contributed by atoms with Crippen LogP contribution in [0.15, 0.2) is 30.3 Å². The molecule has 2 aliphatic rings. The van der Waals surface area contributed by atoms with Crippen LogP contribution in [0.2, 0.25) is 0 Å². The van der Waals surface area contributed by atoms with E-state index >= 15 is 0 Å². The molecule has 3 amide bonds. The van der Waals surface area contributed by atoms with Crippen LogP contribution >= 0.6 is 0 Å². The third-order valence-corrected chi connectivity index (χ3v) is 4.72. The van der Waals surface area contributed by atoms with Gasteiger partial charge in [0.2, 0.25) is 5.91 Å². The molecule has 1 aliphatic heterocycles. The van der Waals surface area contributed by atoms with Crippen LogP contribution in [0.3, 0.4) is 0 Å². The summed E-state index contributed by atoms with van der Waals surface area (Å²) in [7, 11) is 0. The maximum Gasteiger partial charge on any atom is 0.318 e. The molecule has 0 atom stereocenters. The number of hydrogen-bond donors (Lipinski definition) is 1. The van der Waals surface area contributed by atoms with Crippen LogP contribution in [-0.4, -0.2) is 42.5 Å². The molecular formula is C18H25N3O2. The molecule has 1 saturated heterocycles. The first-order valence-corrected chi connectivity index (χ1v) is 8.65. The summed E-state index contributed by atoms with van der Waals surface area (Å²) in [5.74, 6) is -0.00695. The van der Waals surface area contributed by atoms with Gasteiger partial charge in [-0.3, -0.25) is 4.79 Å². The monoisotopic (exact) mass is 315 g/mol. The second-order valence-electron chi connectivity index (χ2n) is 6.44. The molecule has 124 valence electrons. The molecule has 0 aromatic heterocycles. The van der Waals surface area contributed by atoms with Crippen molar-refractivity contribution in [1.82, 2.24) is 10.2 Å². The van der Waals surface area contributed by atoms with Crippen molar-refractivity contribution in [1.29, 1.82) is 0 Å². The second kappa shape index (κ2) is 7.49. The fourth-order valence-corrected chi connectivity index (χ4v) is 3.44. The Hall–Kier alpha value is -2.04. The number of hydrogen-bond acceptors (Lipinski definition) is 2. The number of nitrogens with one attached hydrogen (secondary N) is 1. The number of anilines is 1. The minimum atomic E-state index is -0.0832. The fourth-order valence-electron chi connectivity index (χ4n) is 3.44. The number of amides is 3. The Bertz CT molecular complexity index is 540. The average Bonchev–Trinajstić information content (AvgIpc) is 2.78. The summed E-state index contributed by atoms with van der Waals surface area (Å²) in [4.78, 5) is 28.4. The van der Waals surface area contributed by atoms with Crippen molar-refractivity contribution in [2.75, 3.05) is 24.5 Å². The predicted octanol–water partition coefficient (Wildman–Crippen LogP) is 2.77. The first-order chi connectivity index (χ1) is 11.2. The summed E-state index contributed by atoms with van der Waals surface area (Å²) in [5.41, 5.74) is 0.909. The number of nitrogens with zero attached hydrogens (tertiary/aromatic N) is 2. The lowest BCUT2D eigenvalue weighted by molar-refractivity contribution is -0.118. The van der Waals surface area contributed by atoms with Crippen molar-refractivity contribution in [3.63, 3.8) is 0 Å². The molecule has 1 N–H and O–H groups in total. The van der Waals surface area contributed by atoms with Gasteiger partial charge < -0.3 is 15.1 Å². The van der Waals surface area contributed by atoms with Gasteiger partial charge in [0.05, 0.1) is 0 Å². The Kier molecular flexibility index (Phi) is 5.16. The van der Waals surface area contributed by atoms with E-state index < -0.39 is 0 Å². The molecule has 3 rings (SSSR count). The van der Waals surface area contributed by atoms with Gasteiger partial charge in [-0.2, -0.15) is 0 Å². The molecule has 2 fully saturated rings. The lowest BCUT2D eigenvalue weighted by atomic mass is 9.96. The number of rotatable bonds is 2. The quantitative estimate of drug-likeness (QED) is 0.912. The Balaban J connectivity index is 1.60. The van der Waals surface area contributed by atoms with Gasteiger partial charge in [0.1, 0.15) is 6.54 Å². The largest absolute Gasteiger partial charge is 0.335 e. The average molecular weight is 315 g/mol. The third kappa shape index (κ3) is 4.03. The normalized spacial score (nSPS) is 20.3. The van der Waals surface area contributed by atoms with Gasteiger partial charge in [-0.05, 0) is 31.4 Å². The van der Waals surface area contributed by atoms with Crippen LogP contribution in [0, 0.1) is 0 Å². The number of carbonyl (C=O) groups is 2. The minimum absolute atomic E-state index is 0.00695. The number of urea groups is 1. The summed E-state index contributed by atoms with van der Waals surface area (Å²) < 4.78 is 0. The van der Waals surface area contributed by atoms with Crippen molar-refractivity contribution in [2.24, 2.45) is 0 Å². The van der Waals surface area contributed by atoms with Gasteiger partial charge in [-0.15, -0.1) is 0 Å². The first-order valence-electron chi connectivity index (χ1n) is 8.65. The molecule has 1 heterocycles. The highest BCUT2D eigenvalue weighted by Crippen LogP contribution is 2.19. The maximum absolute atomic E-state index is 12.5. The first kappa shape index (κ1) is 15.8. The smallest absolute Gasteiger partial charge is 0.318 e. The molecule has 0 bridgehead atoms. The van der Waals surface area contributed by atoms with Crippen molar-refractivity contribution in [3.05, 3.63) is 30.3 Å². The van der Waals surface area contributed by atoms with Crippen molar-refractivity contribution in [2.45, 2.75) is 44.6 Å². The van der Waals surface area contributed by atoms with Gasteiger partial charge in [-0.1, -0.05) is 37.5 Å². The summed E-state index contributed by atoms with van der Waals surface area (Å²) >= 11 is 0. The topological polar surface area (TPSA) is 52.7 Å². The van der Waals surface area contributed by atoms with Crippen LogP contribution in [0.1, 0.15) is 38.5 Å². The molecule has 0 unspecified atom stereocenters. The Morgan fingerprint density at radius 2 is 1.74 bits per heavy atom. The Labute approximate surface area is 137 Å². The van der Waals surface area contributed by atoms with Crippen LogP contribution in [0.5, 0.6) is 0 Å². The summed E-state index contributed by atoms with van der Waals surface area (Å²) in [6.45, 7) is 1.46. The van der Waals surface area contributed by atoms with Gasteiger partial charge in [0.25, 0.3) is 0 Å². The lowest BCUT2D eigenvalue weighted by Crippen LogP contribution is -2.48. The number of para-hydroxylation sites is 1. The van der Waals surface area contributed by atoms with Crippen molar-refractivity contribution < 1.29 is 9.59 Å². The molecule has 0 spiro atoms. The molecule has 1 aromatic rings. The van der Waals surface area contributed by atoms with E-state index in [1.54, 1.807) is 9.80 Å². The van der Waals surface area contributed by atoms with Gasteiger partial charge in [-0.25, -0.2) is 4.79 Å². The van der Waals surface area contributed by atoms with E-state index in [0.29, 0.717) is 13.1 Å². The van der Waals surface area contributed by atoms with Crippen LogP contribution < -0.4 is 10.2 Å². The van der Waals surface area contributed by atoms with E-state index in [-0.39, 0.29) is 24.5 Å². The predicted molar refractivity (Wildman–Crippen MR) is 90.4 cm³/mol. The SMILES string of the molecule is O=C(NC1CCCCC1)N1CCCN(c2ccccc2)C(=O)C1. The fraction of sp³-hybridized carbons (Fsp3) is 0.556. The second-order valence-corrected chi connectivity index (χ2v) is 6.44. The van der Waals surface area contributed by atoms with E-state index in [2.05, 4.69) is 5.32 Å². The lowest BCUT2D eigenvalue weighted by Gasteiger charge is -2.27. The van der Waals surface area contributed by atoms with Crippen LogP contribution in [0.25, 0.3) is 0 Å². The third-order valence-electron chi connectivity index (χ3n) is 4.72. The standard InChI is InChI=1S/C18H25N3O2/c22-17-14-20(18(23)19-15-8-3-1-4-9-15)12-7-13-21(17)16-10-5-2-6-11-16/h2,5-6,10-11,15H,1,3-4,7-9,12-14H2,(H,19,23). The van der Waals surface area contributed by atoms with Crippen LogP contribution in [-0.2, 0) is 4.79 Å². The van der Waals surface area contributed by atoms with E-state index in [4.69, 9.17) is 0 Å². The molecule has 5 heteroatoms. The van der Waals surface area contributed by atoms with Crippen molar-refractivity contribution >= 4 is 17.6 Å². The highest BCUT2D eigenvalue weighted by atomic mass is 16.2. The molecular weight excluding hydrogens is 290 g/mol. The van der Waals surface area contributed by atoms with Gasteiger partial charge >= 0.3 is 6.03 Å². The maximum atomic E-state index is 12.5. The Morgan fingerprint density at radius 3 is 2.48 bits per heavy atom. The highest BCUT2D eigenvalue weighted by Gasteiger charge is 2.27. The summed E-state index contributed by atoms with van der Waals surface area (Å²) in [6.07, 6.45) is 6.56. The van der Waals surface area contributed by atoms with E-state index in [1.807, 2.05) is 30.3 Å². The molecule has 0 radical (unpaired) electrons. The summed E-state index contributed by atoms with van der Waals surface area (Å²) in [5, 5.41) is 3.11. The molecule has 1 aromatic carbocycles. The molecule has 5 nitrogen and oxygen atoms in total. The van der Waals surface area contributed by atoms with Crippen molar-refractivity contribution in [3.8, 4) is 0 Å². The zero-order valence-corrected chi connectivity index (χ0v) is 13.5. The zero-order chi connectivity index (χ0) is 16.1. The highest BCUT2D eigenvalue weighted by molar-refractivity contribution is 5.96. The van der Waals surface area contributed by atoms with Crippen LogP contribution in [0.4, 0.5) is 10.5 Å². The number of benzene rings is 1. The van der Waals surface area contributed by atoms with E-state index in [1.165, 1.54) is 19.3 Å². The van der Waals surface area contributed by atoms with Gasteiger partial charge in [0, 0.05) is 24.8 Å². The Morgan fingerprint density at radius 1 is 1.00 bits per heavy atom. The molecule has 1 aliphatic carbocycles. The minimum Gasteiger partial charge on any atom is -0.335 e. The summed E-state index contributed by atoms with van der Waals surface area (Å²) in [6, 6.07) is 9.88. The van der Waals surface area contributed by atoms with Gasteiger partial charge in [0.15, 0.2) is 0 Å². The van der Waals surface area contributed by atoms with E-state index in [9.17, 15) is 9.59 Å². The number of carbonyl (C=O) groups excluding carboxylic acids is 2. The van der Waals surface area contributed by atoms with E-state index in [0.717, 1.165) is 24.9 Å². The molecule has 1 saturated carbocycles. The zero-order valence-electron chi connectivity index (χ0n) is 13.5. The molecule has 23 heavy (non-hydrogen) atoms.